The van der Waals surface area contributed by atoms with Gasteiger partial charge in [-0.05, 0) is 34.7 Å². The Morgan fingerprint density at radius 2 is 1.71 bits per heavy atom. The predicted molar refractivity (Wildman–Crippen MR) is 45.8 cm³/mol. The van der Waals surface area contributed by atoms with E-state index >= 15 is 0 Å². The molecule has 0 spiro atoms. The molecule has 0 unspecified atom stereocenters. The van der Waals surface area contributed by atoms with Crippen LogP contribution in [0.25, 0.3) is 0 Å². The average Bonchev–Trinajstić information content (AvgIpc) is 2.04. The number of hydrogen-bond acceptors (Lipinski definition) is 1. The van der Waals surface area contributed by atoms with E-state index in [0.717, 1.165) is 6.07 Å². The lowest BCUT2D eigenvalue weighted by Gasteiger charge is -2.10. The van der Waals surface area contributed by atoms with Gasteiger partial charge in [-0.25, -0.2) is 8.78 Å². The van der Waals surface area contributed by atoms with Crippen molar-refractivity contribution in [2.75, 3.05) is 0 Å². The first-order chi connectivity index (χ1) is 6.31. The van der Waals surface area contributed by atoms with Gasteiger partial charge >= 0.3 is 6.36 Å². The molecule has 0 saturated heterocycles. The van der Waals surface area contributed by atoms with Crippen LogP contribution in [0.1, 0.15) is 0 Å². The molecule has 0 heterocycles. The standard InChI is InChI=1S/C7H2F5IO/c8-3-1-2-4(13)5(9)6(3)14-7(10,11)12/h1-2H. The summed E-state index contributed by atoms with van der Waals surface area (Å²) in [5.41, 5.74) is 0. The molecule has 78 valence electrons. The Hall–Kier alpha value is -0.600. The number of rotatable bonds is 1. The highest BCUT2D eigenvalue weighted by atomic mass is 127. The minimum absolute atomic E-state index is 0.150. The van der Waals surface area contributed by atoms with Crippen molar-refractivity contribution in [2.45, 2.75) is 6.36 Å². The van der Waals surface area contributed by atoms with E-state index in [1.165, 1.54) is 22.6 Å². The van der Waals surface area contributed by atoms with Gasteiger partial charge in [0.1, 0.15) is 0 Å². The molecule has 7 heteroatoms. The van der Waals surface area contributed by atoms with Crippen LogP contribution in [0.15, 0.2) is 12.1 Å². The number of hydrogen-bond donors (Lipinski definition) is 0. The van der Waals surface area contributed by atoms with Gasteiger partial charge in [0.05, 0.1) is 3.57 Å². The van der Waals surface area contributed by atoms with Gasteiger partial charge in [0.2, 0.25) is 5.75 Å². The molecule has 0 radical (unpaired) electrons. The summed E-state index contributed by atoms with van der Waals surface area (Å²) < 4.78 is 63.7. The third kappa shape index (κ3) is 2.69. The van der Waals surface area contributed by atoms with Crippen LogP contribution in [-0.4, -0.2) is 6.36 Å². The minimum atomic E-state index is -5.11. The summed E-state index contributed by atoms with van der Waals surface area (Å²) in [6.07, 6.45) is -5.11. The molecule has 1 nitrogen and oxygen atoms in total. The van der Waals surface area contributed by atoms with E-state index in [4.69, 9.17) is 0 Å². The molecule has 0 atom stereocenters. The second-order valence-corrected chi connectivity index (χ2v) is 3.38. The van der Waals surface area contributed by atoms with Gasteiger partial charge in [0.15, 0.2) is 11.6 Å². The lowest BCUT2D eigenvalue weighted by molar-refractivity contribution is -0.276. The SMILES string of the molecule is Fc1ccc(I)c(F)c1OC(F)(F)F. The van der Waals surface area contributed by atoms with Gasteiger partial charge in [0, 0.05) is 0 Å². The van der Waals surface area contributed by atoms with Crippen LogP contribution in [0.2, 0.25) is 0 Å². The van der Waals surface area contributed by atoms with Gasteiger partial charge in [0.25, 0.3) is 0 Å². The maximum absolute atomic E-state index is 12.9. The van der Waals surface area contributed by atoms with Crippen molar-refractivity contribution >= 4 is 22.6 Å². The van der Waals surface area contributed by atoms with E-state index in [1.807, 2.05) is 0 Å². The van der Waals surface area contributed by atoms with E-state index in [2.05, 4.69) is 4.74 Å². The molecule has 0 aliphatic rings. The monoisotopic (exact) mass is 324 g/mol. The lowest BCUT2D eigenvalue weighted by Crippen LogP contribution is -2.19. The normalized spacial score (nSPS) is 11.6. The third-order valence-electron chi connectivity index (χ3n) is 1.22. The van der Waals surface area contributed by atoms with Crippen LogP contribution < -0.4 is 4.74 Å². The Bertz CT molecular complexity index is 349. The van der Waals surface area contributed by atoms with Crippen molar-refractivity contribution in [2.24, 2.45) is 0 Å². The predicted octanol–water partition coefficient (Wildman–Crippen LogP) is 3.47. The Kier molecular flexibility index (Phi) is 3.17. The second kappa shape index (κ2) is 3.87. The van der Waals surface area contributed by atoms with Crippen LogP contribution in [0, 0.1) is 15.2 Å². The van der Waals surface area contributed by atoms with Crippen LogP contribution in [-0.2, 0) is 0 Å². The highest BCUT2D eigenvalue weighted by Crippen LogP contribution is 2.30. The smallest absolute Gasteiger partial charge is 0.399 e. The van der Waals surface area contributed by atoms with Crippen molar-refractivity contribution in [3.63, 3.8) is 0 Å². The number of halogens is 6. The lowest BCUT2D eigenvalue weighted by atomic mass is 10.3. The Morgan fingerprint density at radius 3 is 2.21 bits per heavy atom. The molecular formula is C7H2F5IO. The Balaban J connectivity index is 3.13. The topological polar surface area (TPSA) is 9.23 Å². The first-order valence-electron chi connectivity index (χ1n) is 3.20. The van der Waals surface area contributed by atoms with Crippen LogP contribution in [0.5, 0.6) is 5.75 Å². The fourth-order valence-corrected chi connectivity index (χ4v) is 1.14. The molecule has 0 aliphatic carbocycles. The molecule has 0 N–H and O–H groups in total. The summed E-state index contributed by atoms with van der Waals surface area (Å²) in [6, 6.07) is 1.71. The zero-order valence-corrected chi connectivity index (χ0v) is 8.49. The van der Waals surface area contributed by atoms with E-state index in [9.17, 15) is 22.0 Å². The fraction of sp³-hybridized carbons (Fsp3) is 0.143. The van der Waals surface area contributed by atoms with Crippen molar-refractivity contribution in [1.82, 2.24) is 0 Å². The quantitative estimate of drug-likeness (QED) is 0.437. The number of ether oxygens (including phenoxy) is 1. The largest absolute Gasteiger partial charge is 0.573 e. The molecule has 0 fully saturated rings. The molecule has 0 aliphatic heterocycles. The Morgan fingerprint density at radius 1 is 1.14 bits per heavy atom. The summed E-state index contributed by atoms with van der Waals surface area (Å²) in [4.78, 5) is 0. The van der Waals surface area contributed by atoms with E-state index in [1.54, 1.807) is 0 Å². The van der Waals surface area contributed by atoms with Gasteiger partial charge in [-0.2, -0.15) is 0 Å². The maximum Gasteiger partial charge on any atom is 0.573 e. The van der Waals surface area contributed by atoms with Gasteiger partial charge in [-0.15, -0.1) is 13.2 Å². The highest BCUT2D eigenvalue weighted by molar-refractivity contribution is 14.1. The average molecular weight is 324 g/mol. The molecule has 1 aromatic carbocycles. The number of alkyl halides is 3. The molecule has 0 saturated carbocycles. The summed E-state index contributed by atoms with van der Waals surface area (Å²) in [6.45, 7) is 0. The van der Waals surface area contributed by atoms with Crippen LogP contribution >= 0.6 is 22.6 Å². The van der Waals surface area contributed by atoms with Crippen LogP contribution in [0.3, 0.4) is 0 Å². The molecular weight excluding hydrogens is 322 g/mol. The van der Waals surface area contributed by atoms with Gasteiger partial charge in [-0.3, -0.25) is 0 Å². The molecule has 0 amide bonds. The first-order valence-corrected chi connectivity index (χ1v) is 4.28. The minimum Gasteiger partial charge on any atom is -0.399 e. The maximum atomic E-state index is 12.9. The molecule has 0 aromatic heterocycles. The van der Waals surface area contributed by atoms with Gasteiger partial charge < -0.3 is 4.74 Å². The van der Waals surface area contributed by atoms with E-state index in [-0.39, 0.29) is 3.57 Å². The van der Waals surface area contributed by atoms with Crippen molar-refractivity contribution in [1.29, 1.82) is 0 Å². The molecule has 14 heavy (non-hydrogen) atoms. The van der Waals surface area contributed by atoms with Crippen molar-refractivity contribution in [3.05, 3.63) is 27.3 Å². The second-order valence-electron chi connectivity index (χ2n) is 2.22. The summed E-state index contributed by atoms with van der Waals surface area (Å²) in [7, 11) is 0. The zero-order valence-electron chi connectivity index (χ0n) is 6.33. The Labute approximate surface area is 89.0 Å². The first kappa shape index (κ1) is 11.5. The molecule has 0 bridgehead atoms. The fourth-order valence-electron chi connectivity index (χ4n) is 0.718. The summed E-state index contributed by atoms with van der Waals surface area (Å²) >= 11 is 1.43. The zero-order chi connectivity index (χ0) is 10.9. The molecule has 1 rings (SSSR count). The summed E-state index contributed by atoms with van der Waals surface area (Å²) in [5.74, 6) is -4.17. The third-order valence-corrected chi connectivity index (χ3v) is 2.05. The summed E-state index contributed by atoms with van der Waals surface area (Å²) in [5, 5.41) is 0. The van der Waals surface area contributed by atoms with E-state index < -0.39 is 23.7 Å². The molecule has 1 aromatic rings. The van der Waals surface area contributed by atoms with Crippen LogP contribution in [0.4, 0.5) is 22.0 Å². The number of benzene rings is 1. The van der Waals surface area contributed by atoms with Crippen molar-refractivity contribution < 1.29 is 26.7 Å². The van der Waals surface area contributed by atoms with Gasteiger partial charge in [-0.1, -0.05) is 0 Å². The highest BCUT2D eigenvalue weighted by Gasteiger charge is 2.34. The van der Waals surface area contributed by atoms with Crippen molar-refractivity contribution in [3.8, 4) is 5.75 Å². The van der Waals surface area contributed by atoms with E-state index in [0.29, 0.717) is 6.07 Å².